The van der Waals surface area contributed by atoms with E-state index >= 15 is 0 Å². The van der Waals surface area contributed by atoms with Crippen molar-refractivity contribution in [2.75, 3.05) is 33.7 Å². The van der Waals surface area contributed by atoms with Gasteiger partial charge in [0.1, 0.15) is 5.82 Å². The Balaban J connectivity index is 2.00. The fraction of sp³-hybridized carbons (Fsp3) is 0.714. The van der Waals surface area contributed by atoms with E-state index in [4.69, 9.17) is 0 Å². The van der Waals surface area contributed by atoms with Gasteiger partial charge in [-0.3, -0.25) is 4.90 Å². The highest BCUT2D eigenvalue weighted by Gasteiger charge is 2.25. The second-order valence-electron chi connectivity index (χ2n) is 5.74. The van der Waals surface area contributed by atoms with Crippen LogP contribution in [0.5, 0.6) is 0 Å². The smallest absolute Gasteiger partial charge is 0.146 e. The summed E-state index contributed by atoms with van der Waals surface area (Å²) in [4.78, 5) is 13.8. The average molecular weight is 263 g/mol. The number of rotatable bonds is 4. The predicted molar refractivity (Wildman–Crippen MR) is 76.9 cm³/mol. The molecule has 5 nitrogen and oxygen atoms in total. The van der Waals surface area contributed by atoms with Gasteiger partial charge in [0.15, 0.2) is 0 Å². The second kappa shape index (κ2) is 6.41. The van der Waals surface area contributed by atoms with Crippen LogP contribution in [0.3, 0.4) is 0 Å². The van der Waals surface area contributed by atoms with Gasteiger partial charge in [0.05, 0.1) is 6.04 Å². The molecular weight excluding hydrogens is 238 g/mol. The van der Waals surface area contributed by atoms with Crippen molar-refractivity contribution < 1.29 is 0 Å². The van der Waals surface area contributed by atoms with Crippen LogP contribution in [0, 0.1) is 0 Å². The minimum atomic E-state index is 0.311. The van der Waals surface area contributed by atoms with Gasteiger partial charge in [-0.25, -0.2) is 9.97 Å². The summed E-state index contributed by atoms with van der Waals surface area (Å²) in [7, 11) is 4.30. The van der Waals surface area contributed by atoms with E-state index in [-0.39, 0.29) is 0 Å². The number of hydrogen-bond donors (Lipinski definition) is 1. The number of likely N-dealkylation sites (N-methyl/N-ethyl adjacent to an activating group) is 2. The zero-order valence-electron chi connectivity index (χ0n) is 12.4. The summed E-state index contributed by atoms with van der Waals surface area (Å²) >= 11 is 0. The summed E-state index contributed by atoms with van der Waals surface area (Å²) in [6, 6.07) is 0.795. The second-order valence-corrected chi connectivity index (χ2v) is 5.74. The van der Waals surface area contributed by atoms with Crippen molar-refractivity contribution >= 4 is 0 Å². The lowest BCUT2D eigenvalue weighted by molar-refractivity contribution is 0.109. The lowest BCUT2D eigenvalue weighted by Gasteiger charge is -2.36. The molecule has 2 heterocycles. The third-order valence-corrected chi connectivity index (χ3v) is 3.59. The minimum Gasteiger partial charge on any atom is -0.310 e. The van der Waals surface area contributed by atoms with Crippen molar-refractivity contribution in [3.63, 3.8) is 0 Å². The maximum Gasteiger partial charge on any atom is 0.146 e. The number of nitrogens with zero attached hydrogens (tertiary/aromatic N) is 4. The van der Waals surface area contributed by atoms with Gasteiger partial charge in [-0.05, 0) is 14.1 Å². The van der Waals surface area contributed by atoms with Gasteiger partial charge < -0.3 is 10.2 Å². The van der Waals surface area contributed by atoms with E-state index in [2.05, 4.69) is 53.0 Å². The van der Waals surface area contributed by atoms with Gasteiger partial charge >= 0.3 is 0 Å². The van der Waals surface area contributed by atoms with Crippen molar-refractivity contribution in [3.8, 4) is 0 Å². The summed E-state index contributed by atoms with van der Waals surface area (Å²) in [6.45, 7) is 8.30. The fourth-order valence-electron chi connectivity index (χ4n) is 2.24. The number of aromatic nitrogens is 2. The molecule has 0 radical (unpaired) electrons. The Hall–Kier alpha value is -1.04. The summed E-state index contributed by atoms with van der Waals surface area (Å²) < 4.78 is 0. The van der Waals surface area contributed by atoms with E-state index in [1.807, 2.05) is 12.4 Å². The maximum atomic E-state index is 4.55. The molecule has 0 saturated carbocycles. The van der Waals surface area contributed by atoms with Gasteiger partial charge in [0.2, 0.25) is 0 Å². The molecule has 0 bridgehead atoms. The van der Waals surface area contributed by atoms with Crippen molar-refractivity contribution in [2.24, 2.45) is 0 Å². The summed E-state index contributed by atoms with van der Waals surface area (Å²) in [5, 5.41) is 3.38. The Morgan fingerprint density at radius 3 is 2.58 bits per heavy atom. The Labute approximate surface area is 116 Å². The highest BCUT2D eigenvalue weighted by atomic mass is 15.3. The normalized spacial score (nSPS) is 22.1. The van der Waals surface area contributed by atoms with E-state index in [1.54, 1.807) is 0 Å². The van der Waals surface area contributed by atoms with Crippen molar-refractivity contribution in [1.82, 2.24) is 25.1 Å². The molecule has 0 aliphatic carbocycles. The van der Waals surface area contributed by atoms with E-state index in [1.165, 1.54) is 0 Å². The van der Waals surface area contributed by atoms with Crippen LogP contribution in [-0.2, 0) is 6.54 Å². The molecule has 1 fully saturated rings. The Morgan fingerprint density at radius 1 is 1.26 bits per heavy atom. The van der Waals surface area contributed by atoms with Crippen LogP contribution in [0.25, 0.3) is 0 Å². The van der Waals surface area contributed by atoms with Crippen LogP contribution in [0.15, 0.2) is 12.4 Å². The first-order chi connectivity index (χ1) is 9.06. The molecule has 1 saturated heterocycles. The molecule has 1 aromatic rings. The number of nitrogens with one attached hydrogen (secondary N) is 1. The molecule has 1 aliphatic heterocycles. The van der Waals surface area contributed by atoms with E-state index in [0.29, 0.717) is 12.1 Å². The number of hydrogen-bond acceptors (Lipinski definition) is 5. The lowest BCUT2D eigenvalue weighted by atomic mass is 10.1. The first-order valence-corrected chi connectivity index (χ1v) is 6.99. The predicted octanol–water partition coefficient (Wildman–Crippen LogP) is 0.893. The van der Waals surface area contributed by atoms with Gasteiger partial charge in [-0.2, -0.15) is 0 Å². The molecule has 0 aromatic carbocycles. The molecule has 0 spiro atoms. The molecule has 0 amide bonds. The highest BCUT2D eigenvalue weighted by Crippen LogP contribution is 2.19. The largest absolute Gasteiger partial charge is 0.310 e. The Bertz CT molecular complexity index is 389. The summed E-state index contributed by atoms with van der Waals surface area (Å²) in [6.07, 6.45) is 3.89. The zero-order valence-corrected chi connectivity index (χ0v) is 12.4. The third kappa shape index (κ3) is 3.96. The zero-order chi connectivity index (χ0) is 13.8. The van der Waals surface area contributed by atoms with Crippen LogP contribution in [0.2, 0.25) is 0 Å². The van der Waals surface area contributed by atoms with E-state index in [9.17, 15) is 0 Å². The molecular formula is C14H25N5. The van der Waals surface area contributed by atoms with Crippen molar-refractivity contribution in [1.29, 1.82) is 0 Å². The van der Waals surface area contributed by atoms with Gasteiger partial charge in [0, 0.05) is 50.2 Å². The minimum absolute atomic E-state index is 0.311. The van der Waals surface area contributed by atoms with Crippen LogP contribution in [0.4, 0.5) is 0 Å². The Kier molecular flexibility index (Phi) is 4.85. The molecule has 1 unspecified atom stereocenters. The fourth-order valence-corrected chi connectivity index (χ4v) is 2.24. The molecule has 106 valence electrons. The third-order valence-electron chi connectivity index (χ3n) is 3.59. The molecule has 19 heavy (non-hydrogen) atoms. The molecule has 2 rings (SSSR count). The molecule has 1 N–H and O–H groups in total. The number of piperazine rings is 1. The summed E-state index contributed by atoms with van der Waals surface area (Å²) in [5.74, 6) is 0.933. The van der Waals surface area contributed by atoms with Gasteiger partial charge in [-0.15, -0.1) is 0 Å². The van der Waals surface area contributed by atoms with Crippen LogP contribution < -0.4 is 5.32 Å². The average Bonchev–Trinajstić information content (AvgIpc) is 2.40. The lowest BCUT2D eigenvalue weighted by Crippen LogP contribution is -2.45. The topological polar surface area (TPSA) is 44.3 Å². The quantitative estimate of drug-likeness (QED) is 0.874. The Morgan fingerprint density at radius 2 is 1.95 bits per heavy atom. The van der Waals surface area contributed by atoms with Crippen molar-refractivity contribution in [2.45, 2.75) is 32.5 Å². The summed E-state index contributed by atoms with van der Waals surface area (Å²) in [5.41, 5.74) is 1.14. The monoisotopic (exact) mass is 263 g/mol. The van der Waals surface area contributed by atoms with Crippen LogP contribution in [0.1, 0.15) is 31.3 Å². The first-order valence-electron chi connectivity index (χ1n) is 6.99. The van der Waals surface area contributed by atoms with E-state index in [0.717, 1.165) is 37.6 Å². The first kappa shape index (κ1) is 14.4. The van der Waals surface area contributed by atoms with E-state index < -0.39 is 0 Å². The maximum absolute atomic E-state index is 4.55. The highest BCUT2D eigenvalue weighted by molar-refractivity contribution is 5.08. The standard InChI is InChI=1S/C14H25N5/c1-11(2)15-7-12-8-16-14(17-9-12)13-10-18(3)5-6-19(13)4/h8-9,11,13,15H,5-7,10H2,1-4H3. The van der Waals surface area contributed by atoms with Crippen LogP contribution >= 0.6 is 0 Å². The van der Waals surface area contributed by atoms with Gasteiger partial charge in [-0.1, -0.05) is 13.8 Å². The molecule has 1 atom stereocenters. The molecule has 1 aliphatic rings. The van der Waals surface area contributed by atoms with Crippen molar-refractivity contribution in [3.05, 3.63) is 23.8 Å². The molecule has 1 aromatic heterocycles. The van der Waals surface area contributed by atoms with Crippen LogP contribution in [-0.4, -0.2) is 59.5 Å². The van der Waals surface area contributed by atoms with Gasteiger partial charge in [0.25, 0.3) is 0 Å². The molecule has 5 heteroatoms. The SMILES string of the molecule is CC(C)NCc1cnc(C2CN(C)CCN2C)nc1.